The molecule has 0 aliphatic carbocycles. The lowest BCUT2D eigenvalue weighted by Gasteiger charge is -2.21. The summed E-state index contributed by atoms with van der Waals surface area (Å²) in [6, 6.07) is 3.39. The minimum Gasteiger partial charge on any atom is -0.364 e. The summed E-state index contributed by atoms with van der Waals surface area (Å²) in [6.07, 6.45) is 3.07. The third kappa shape index (κ3) is 4.03. The average Bonchev–Trinajstić information content (AvgIpc) is 2.88. The topological polar surface area (TPSA) is 63.0 Å². The van der Waals surface area contributed by atoms with Gasteiger partial charge < -0.3 is 15.2 Å². The van der Waals surface area contributed by atoms with Gasteiger partial charge in [0.1, 0.15) is 12.0 Å². The van der Waals surface area contributed by atoms with Crippen molar-refractivity contribution in [2.24, 2.45) is 0 Å². The number of pyridine rings is 1. The molecule has 2 heterocycles. The zero-order chi connectivity index (χ0) is 14.6. The van der Waals surface area contributed by atoms with Crippen molar-refractivity contribution in [2.45, 2.75) is 39.4 Å². The lowest BCUT2D eigenvalue weighted by Crippen LogP contribution is -2.35. The molecule has 2 aromatic rings. The Morgan fingerprint density at radius 3 is 2.70 bits per heavy atom. The van der Waals surface area contributed by atoms with E-state index in [0.29, 0.717) is 24.3 Å². The van der Waals surface area contributed by atoms with Crippen LogP contribution in [0.2, 0.25) is 0 Å². The van der Waals surface area contributed by atoms with E-state index in [1.807, 2.05) is 20.8 Å². The molecule has 0 unspecified atom stereocenters. The third-order valence-electron chi connectivity index (χ3n) is 2.71. The molecule has 0 atom stereocenters. The minimum absolute atomic E-state index is 0.0655. The summed E-state index contributed by atoms with van der Waals surface area (Å²) < 4.78 is 19.0. The molecule has 0 radical (unpaired) electrons. The summed E-state index contributed by atoms with van der Waals surface area (Å²) >= 11 is 0. The number of anilines is 1. The van der Waals surface area contributed by atoms with Gasteiger partial charge in [0, 0.05) is 29.9 Å². The molecular weight excluding hydrogens is 259 g/mol. The lowest BCUT2D eigenvalue weighted by atomic mass is 10.1. The van der Waals surface area contributed by atoms with Gasteiger partial charge in [0.15, 0.2) is 11.6 Å². The van der Waals surface area contributed by atoms with Gasteiger partial charge in [-0.05, 0) is 26.8 Å². The Labute approximate surface area is 117 Å². The molecule has 20 heavy (non-hydrogen) atoms. The maximum absolute atomic E-state index is 14.3. The SMILES string of the molecule is CC(C)(C)NCc1ccnc(NCc2ccon2)c1F. The van der Waals surface area contributed by atoms with Crippen LogP contribution in [0.1, 0.15) is 32.0 Å². The summed E-state index contributed by atoms with van der Waals surface area (Å²) in [6.45, 7) is 6.94. The van der Waals surface area contributed by atoms with Crippen molar-refractivity contribution in [3.05, 3.63) is 41.7 Å². The van der Waals surface area contributed by atoms with Crippen molar-refractivity contribution in [2.75, 3.05) is 5.32 Å². The molecule has 0 spiro atoms. The van der Waals surface area contributed by atoms with Crippen LogP contribution >= 0.6 is 0 Å². The van der Waals surface area contributed by atoms with Gasteiger partial charge in [0.2, 0.25) is 0 Å². The molecule has 0 aromatic carbocycles. The van der Waals surface area contributed by atoms with E-state index in [1.54, 1.807) is 18.3 Å². The van der Waals surface area contributed by atoms with Crippen molar-refractivity contribution < 1.29 is 8.91 Å². The molecule has 0 fully saturated rings. The van der Waals surface area contributed by atoms with E-state index in [2.05, 4.69) is 20.8 Å². The number of aromatic nitrogens is 2. The summed E-state index contributed by atoms with van der Waals surface area (Å²) in [4.78, 5) is 4.01. The molecular formula is C14H19FN4O. The summed E-state index contributed by atoms with van der Waals surface area (Å²) in [7, 11) is 0. The monoisotopic (exact) mass is 278 g/mol. The summed E-state index contributed by atoms with van der Waals surface area (Å²) in [5.41, 5.74) is 1.21. The quantitative estimate of drug-likeness (QED) is 0.880. The Bertz CT molecular complexity index is 549. The molecule has 108 valence electrons. The van der Waals surface area contributed by atoms with Gasteiger partial charge in [0.25, 0.3) is 0 Å². The fourth-order valence-corrected chi connectivity index (χ4v) is 1.61. The molecule has 0 amide bonds. The molecule has 0 saturated heterocycles. The largest absolute Gasteiger partial charge is 0.364 e. The van der Waals surface area contributed by atoms with E-state index in [4.69, 9.17) is 4.52 Å². The predicted octanol–water partition coefficient (Wildman–Crippen LogP) is 2.71. The van der Waals surface area contributed by atoms with Crippen molar-refractivity contribution in [1.82, 2.24) is 15.5 Å². The van der Waals surface area contributed by atoms with Crippen LogP contribution in [-0.2, 0) is 13.1 Å². The highest BCUT2D eigenvalue weighted by Crippen LogP contribution is 2.16. The second kappa shape index (κ2) is 6.00. The van der Waals surface area contributed by atoms with Crippen LogP contribution in [0, 0.1) is 5.82 Å². The van der Waals surface area contributed by atoms with E-state index in [0.717, 1.165) is 0 Å². The number of nitrogens with one attached hydrogen (secondary N) is 2. The van der Waals surface area contributed by atoms with Crippen LogP contribution in [0.15, 0.2) is 29.1 Å². The molecule has 2 rings (SSSR count). The summed E-state index contributed by atoms with van der Waals surface area (Å²) in [5.74, 6) is -0.117. The lowest BCUT2D eigenvalue weighted by molar-refractivity contribution is 0.412. The van der Waals surface area contributed by atoms with E-state index in [1.165, 1.54) is 6.26 Å². The minimum atomic E-state index is -0.340. The van der Waals surface area contributed by atoms with Crippen molar-refractivity contribution in [1.29, 1.82) is 0 Å². The first-order chi connectivity index (χ1) is 9.46. The zero-order valence-corrected chi connectivity index (χ0v) is 11.9. The normalized spacial score (nSPS) is 11.6. The first-order valence-electron chi connectivity index (χ1n) is 6.47. The standard InChI is InChI=1S/C14H19FN4O/c1-14(2,3)18-8-10-4-6-16-13(12(10)15)17-9-11-5-7-20-19-11/h4-7,18H,8-9H2,1-3H3,(H,16,17). The highest BCUT2D eigenvalue weighted by Gasteiger charge is 2.13. The Morgan fingerprint density at radius 2 is 2.05 bits per heavy atom. The van der Waals surface area contributed by atoms with Crippen LogP contribution in [0.4, 0.5) is 10.2 Å². The maximum Gasteiger partial charge on any atom is 0.169 e. The van der Waals surface area contributed by atoms with Gasteiger partial charge in [-0.15, -0.1) is 0 Å². The van der Waals surface area contributed by atoms with Gasteiger partial charge in [0.05, 0.1) is 6.54 Å². The van der Waals surface area contributed by atoms with E-state index in [-0.39, 0.29) is 17.2 Å². The first kappa shape index (κ1) is 14.5. The van der Waals surface area contributed by atoms with Gasteiger partial charge in [-0.25, -0.2) is 9.37 Å². The predicted molar refractivity (Wildman–Crippen MR) is 74.6 cm³/mol. The number of hydrogen-bond acceptors (Lipinski definition) is 5. The van der Waals surface area contributed by atoms with Crippen LogP contribution in [0.5, 0.6) is 0 Å². The van der Waals surface area contributed by atoms with Gasteiger partial charge in [-0.2, -0.15) is 0 Å². The Kier molecular flexibility index (Phi) is 4.34. The fourth-order valence-electron chi connectivity index (χ4n) is 1.61. The van der Waals surface area contributed by atoms with Crippen molar-refractivity contribution in [3.8, 4) is 0 Å². The molecule has 2 aromatic heterocycles. The molecule has 0 bridgehead atoms. The average molecular weight is 278 g/mol. The zero-order valence-electron chi connectivity index (χ0n) is 11.9. The number of rotatable bonds is 5. The molecule has 2 N–H and O–H groups in total. The van der Waals surface area contributed by atoms with Gasteiger partial charge in [-0.1, -0.05) is 5.16 Å². The summed E-state index contributed by atoms with van der Waals surface area (Å²) in [5, 5.41) is 9.92. The first-order valence-corrected chi connectivity index (χ1v) is 6.47. The van der Waals surface area contributed by atoms with Crippen LogP contribution in [0.25, 0.3) is 0 Å². The Hall–Kier alpha value is -1.95. The molecule has 0 saturated carbocycles. The smallest absolute Gasteiger partial charge is 0.169 e. The van der Waals surface area contributed by atoms with Crippen molar-refractivity contribution in [3.63, 3.8) is 0 Å². The number of halogens is 1. The van der Waals surface area contributed by atoms with Crippen LogP contribution in [-0.4, -0.2) is 15.7 Å². The molecule has 5 nitrogen and oxygen atoms in total. The second-order valence-electron chi connectivity index (χ2n) is 5.58. The van der Waals surface area contributed by atoms with E-state index < -0.39 is 0 Å². The highest BCUT2D eigenvalue weighted by atomic mass is 19.1. The molecule has 0 aliphatic rings. The second-order valence-corrected chi connectivity index (χ2v) is 5.58. The van der Waals surface area contributed by atoms with E-state index >= 15 is 0 Å². The number of hydrogen-bond donors (Lipinski definition) is 2. The van der Waals surface area contributed by atoms with Crippen LogP contribution in [0.3, 0.4) is 0 Å². The Balaban J connectivity index is 2.03. The van der Waals surface area contributed by atoms with E-state index in [9.17, 15) is 4.39 Å². The molecule has 6 heteroatoms. The fraction of sp³-hybridized carbons (Fsp3) is 0.429. The number of nitrogens with zero attached hydrogens (tertiary/aromatic N) is 2. The Morgan fingerprint density at radius 1 is 1.25 bits per heavy atom. The van der Waals surface area contributed by atoms with Crippen LogP contribution < -0.4 is 10.6 Å². The maximum atomic E-state index is 14.3. The van der Waals surface area contributed by atoms with Gasteiger partial charge >= 0.3 is 0 Å². The highest BCUT2D eigenvalue weighted by molar-refractivity contribution is 5.40. The van der Waals surface area contributed by atoms with Gasteiger partial charge in [-0.3, -0.25) is 0 Å². The van der Waals surface area contributed by atoms with Crippen molar-refractivity contribution >= 4 is 5.82 Å². The third-order valence-corrected chi connectivity index (χ3v) is 2.71. The molecule has 0 aliphatic heterocycles.